The summed E-state index contributed by atoms with van der Waals surface area (Å²) in [6, 6.07) is 6.17. The van der Waals surface area contributed by atoms with Gasteiger partial charge < -0.3 is 24.0 Å². The number of likely N-dealkylation sites (N-methyl/N-ethyl adjacent to an activating group) is 1. The Hall–Kier alpha value is -2.79. The van der Waals surface area contributed by atoms with Crippen molar-refractivity contribution in [2.45, 2.75) is 13.0 Å². The van der Waals surface area contributed by atoms with Gasteiger partial charge in [0, 0.05) is 81.5 Å². The SMILES string of the molecule is COCCN(C)c1cc(-c2cn(C)c(=O)c3cc(CN4CCCOCC4)sc23)ccn1.O=CO. The largest absolute Gasteiger partial charge is 0.483 e. The molecule has 0 atom stereocenters. The molecule has 184 valence electrons. The van der Waals surface area contributed by atoms with E-state index in [0.717, 1.165) is 72.8 Å². The molecule has 9 nitrogen and oxygen atoms in total. The Labute approximate surface area is 203 Å². The van der Waals surface area contributed by atoms with Crippen molar-refractivity contribution >= 4 is 33.7 Å². The maximum absolute atomic E-state index is 12.9. The molecular weight excluding hydrogens is 456 g/mol. The number of aryl methyl sites for hydroxylation is 1. The Kier molecular flexibility index (Phi) is 9.58. The number of carboxylic acid groups (broad SMARTS) is 1. The Balaban J connectivity index is 0.00000103. The number of pyridine rings is 2. The van der Waals surface area contributed by atoms with Gasteiger partial charge in [0.15, 0.2) is 0 Å². The number of fused-ring (bicyclic) bond motifs is 1. The second kappa shape index (κ2) is 12.6. The average molecular weight is 489 g/mol. The zero-order chi connectivity index (χ0) is 24.5. The van der Waals surface area contributed by atoms with Gasteiger partial charge in [0.25, 0.3) is 12.0 Å². The molecule has 0 radical (unpaired) electrons. The number of aromatic nitrogens is 2. The number of thiophene rings is 1. The minimum atomic E-state index is -0.250. The van der Waals surface area contributed by atoms with Crippen molar-refractivity contribution in [3.8, 4) is 11.1 Å². The monoisotopic (exact) mass is 488 g/mol. The number of anilines is 1. The molecule has 3 aromatic heterocycles. The molecular formula is C24H32N4O5S. The number of hydrogen-bond donors (Lipinski definition) is 1. The van der Waals surface area contributed by atoms with Crippen LogP contribution in [0.1, 0.15) is 11.3 Å². The van der Waals surface area contributed by atoms with Crippen LogP contribution >= 0.6 is 11.3 Å². The molecule has 0 saturated carbocycles. The Morgan fingerprint density at radius 1 is 1.32 bits per heavy atom. The Bertz CT molecular complexity index is 1140. The second-order valence-corrected chi connectivity index (χ2v) is 9.22. The average Bonchev–Trinajstić information content (AvgIpc) is 3.08. The molecule has 1 saturated heterocycles. The smallest absolute Gasteiger partial charge is 0.290 e. The number of nitrogens with zero attached hydrogens (tertiary/aromatic N) is 4. The van der Waals surface area contributed by atoms with Crippen LogP contribution in [0.15, 0.2) is 35.4 Å². The van der Waals surface area contributed by atoms with Crippen molar-refractivity contribution in [1.29, 1.82) is 0 Å². The molecule has 0 amide bonds. The highest BCUT2D eigenvalue weighted by atomic mass is 32.1. The van der Waals surface area contributed by atoms with Crippen LogP contribution in [-0.4, -0.2) is 79.6 Å². The van der Waals surface area contributed by atoms with E-state index >= 15 is 0 Å². The van der Waals surface area contributed by atoms with Gasteiger partial charge in [0.2, 0.25) is 0 Å². The van der Waals surface area contributed by atoms with E-state index < -0.39 is 0 Å². The summed E-state index contributed by atoms with van der Waals surface area (Å²) in [6.45, 7) is 5.57. The van der Waals surface area contributed by atoms with Gasteiger partial charge in [0.05, 0.1) is 18.6 Å². The van der Waals surface area contributed by atoms with Crippen LogP contribution in [0.5, 0.6) is 0 Å². The molecule has 0 bridgehead atoms. The molecule has 4 heterocycles. The highest BCUT2D eigenvalue weighted by molar-refractivity contribution is 7.19. The van der Waals surface area contributed by atoms with Crippen LogP contribution in [0.25, 0.3) is 21.2 Å². The summed E-state index contributed by atoms with van der Waals surface area (Å²) in [4.78, 5) is 31.5. The van der Waals surface area contributed by atoms with Crippen molar-refractivity contribution in [3.05, 3.63) is 45.8 Å². The molecule has 0 aromatic carbocycles. The second-order valence-electron chi connectivity index (χ2n) is 8.08. The fraction of sp³-hybridized carbons (Fsp3) is 0.458. The van der Waals surface area contributed by atoms with E-state index in [1.807, 2.05) is 32.6 Å². The highest BCUT2D eigenvalue weighted by Gasteiger charge is 2.17. The summed E-state index contributed by atoms with van der Waals surface area (Å²) >= 11 is 1.72. The third kappa shape index (κ3) is 6.41. The van der Waals surface area contributed by atoms with Crippen molar-refractivity contribution < 1.29 is 19.4 Å². The van der Waals surface area contributed by atoms with Crippen molar-refractivity contribution in [1.82, 2.24) is 14.5 Å². The number of methoxy groups -OCH3 is 1. The molecule has 0 aliphatic carbocycles. The van der Waals surface area contributed by atoms with Crippen LogP contribution in [0.4, 0.5) is 5.82 Å². The quantitative estimate of drug-likeness (QED) is 0.507. The van der Waals surface area contributed by atoms with E-state index in [0.29, 0.717) is 6.61 Å². The molecule has 1 fully saturated rings. The molecule has 1 aliphatic rings. The number of hydrogen-bond acceptors (Lipinski definition) is 8. The molecule has 4 rings (SSSR count). The first-order valence-corrected chi connectivity index (χ1v) is 12.0. The fourth-order valence-electron chi connectivity index (χ4n) is 3.90. The van der Waals surface area contributed by atoms with Gasteiger partial charge in [0.1, 0.15) is 5.82 Å². The van der Waals surface area contributed by atoms with Crippen molar-refractivity contribution in [2.24, 2.45) is 7.05 Å². The predicted molar refractivity (Wildman–Crippen MR) is 135 cm³/mol. The lowest BCUT2D eigenvalue weighted by Gasteiger charge is -2.18. The van der Waals surface area contributed by atoms with Gasteiger partial charge in [-0.1, -0.05) is 0 Å². The van der Waals surface area contributed by atoms with Crippen LogP contribution in [-0.2, 0) is 27.9 Å². The molecule has 0 spiro atoms. The first kappa shape index (κ1) is 25.8. The van der Waals surface area contributed by atoms with E-state index in [9.17, 15) is 4.79 Å². The van der Waals surface area contributed by atoms with E-state index in [1.165, 1.54) is 4.88 Å². The normalized spacial score (nSPS) is 14.3. The summed E-state index contributed by atoms with van der Waals surface area (Å²) in [5.74, 6) is 0.887. The van der Waals surface area contributed by atoms with Crippen LogP contribution in [0.2, 0.25) is 0 Å². The molecule has 10 heteroatoms. The zero-order valence-corrected chi connectivity index (χ0v) is 20.7. The maximum Gasteiger partial charge on any atom is 0.290 e. The molecule has 0 unspecified atom stereocenters. The number of carbonyl (C=O) groups is 1. The molecule has 3 aromatic rings. The van der Waals surface area contributed by atoms with E-state index in [1.54, 1.807) is 23.0 Å². The Morgan fingerprint density at radius 2 is 2.12 bits per heavy atom. The van der Waals surface area contributed by atoms with Crippen molar-refractivity contribution in [3.63, 3.8) is 0 Å². The van der Waals surface area contributed by atoms with Gasteiger partial charge in [-0.15, -0.1) is 11.3 Å². The number of ether oxygens (including phenoxy) is 2. The predicted octanol–water partition coefficient (Wildman–Crippen LogP) is 2.67. The number of rotatable bonds is 7. The summed E-state index contributed by atoms with van der Waals surface area (Å²) in [6.07, 6.45) is 4.82. The summed E-state index contributed by atoms with van der Waals surface area (Å²) < 4.78 is 13.5. The summed E-state index contributed by atoms with van der Waals surface area (Å²) in [7, 11) is 5.53. The first-order chi connectivity index (χ1) is 16.5. The fourth-order valence-corrected chi connectivity index (χ4v) is 5.12. The zero-order valence-electron chi connectivity index (χ0n) is 19.9. The molecule has 34 heavy (non-hydrogen) atoms. The lowest BCUT2D eigenvalue weighted by Crippen LogP contribution is -2.25. The highest BCUT2D eigenvalue weighted by Crippen LogP contribution is 2.34. The van der Waals surface area contributed by atoms with Gasteiger partial charge in [-0.05, 0) is 30.2 Å². The lowest BCUT2D eigenvalue weighted by atomic mass is 10.1. The van der Waals surface area contributed by atoms with Gasteiger partial charge >= 0.3 is 0 Å². The lowest BCUT2D eigenvalue weighted by molar-refractivity contribution is -0.122. The maximum atomic E-state index is 12.9. The van der Waals surface area contributed by atoms with Crippen LogP contribution in [0.3, 0.4) is 0 Å². The standard InChI is InChI=1S/C23H30N4O3S.CH2O2/c1-25(8-11-29-3)21-13-17(5-6-24-21)20-16-26(2)23(28)19-14-18(31-22(19)20)15-27-7-4-10-30-12-9-27;2-1-3/h5-6,13-14,16H,4,7-12,15H2,1-3H3;1H,(H,2,3). The van der Waals surface area contributed by atoms with E-state index in [2.05, 4.69) is 26.9 Å². The van der Waals surface area contributed by atoms with E-state index in [-0.39, 0.29) is 12.0 Å². The minimum Gasteiger partial charge on any atom is -0.483 e. The topological polar surface area (TPSA) is 97.1 Å². The Morgan fingerprint density at radius 3 is 2.88 bits per heavy atom. The van der Waals surface area contributed by atoms with Crippen LogP contribution in [0, 0.1) is 0 Å². The van der Waals surface area contributed by atoms with Crippen molar-refractivity contribution in [2.75, 3.05) is 58.5 Å². The van der Waals surface area contributed by atoms with Gasteiger partial charge in [-0.3, -0.25) is 14.5 Å². The van der Waals surface area contributed by atoms with Gasteiger partial charge in [-0.25, -0.2) is 4.98 Å². The summed E-state index contributed by atoms with van der Waals surface area (Å²) in [5.41, 5.74) is 2.18. The molecule has 1 N–H and O–H groups in total. The molecule has 1 aliphatic heterocycles. The van der Waals surface area contributed by atoms with E-state index in [4.69, 9.17) is 19.4 Å². The third-order valence-corrected chi connectivity index (χ3v) is 6.83. The third-order valence-electron chi connectivity index (χ3n) is 5.67. The van der Waals surface area contributed by atoms with Gasteiger partial charge in [-0.2, -0.15) is 0 Å². The minimum absolute atomic E-state index is 0.0481. The van der Waals surface area contributed by atoms with Crippen LogP contribution < -0.4 is 10.5 Å². The summed E-state index contributed by atoms with van der Waals surface area (Å²) in [5, 5.41) is 7.68. The first-order valence-electron chi connectivity index (χ1n) is 11.1.